The van der Waals surface area contributed by atoms with Gasteiger partial charge in [0.2, 0.25) is 0 Å². The smallest absolute Gasteiger partial charge is 0.343 e. The molecule has 0 spiro atoms. The summed E-state index contributed by atoms with van der Waals surface area (Å²) in [6, 6.07) is 27.9. The number of nitrogens with zero attached hydrogens (tertiary/aromatic N) is 2. The molecule has 0 fully saturated rings. The highest BCUT2D eigenvalue weighted by Crippen LogP contribution is 2.23. The van der Waals surface area contributed by atoms with E-state index in [4.69, 9.17) is 4.74 Å². The number of hydrazone groups is 1. The molecule has 10 heteroatoms. The van der Waals surface area contributed by atoms with Gasteiger partial charge in [-0.05, 0) is 78.4 Å². The number of hydrogen-bond donors (Lipinski definition) is 2. The maximum absolute atomic E-state index is 13.2. The van der Waals surface area contributed by atoms with Crippen LogP contribution >= 0.6 is 31.9 Å². The van der Waals surface area contributed by atoms with Gasteiger partial charge in [0.15, 0.2) is 0 Å². The molecule has 0 aromatic heterocycles. The second kappa shape index (κ2) is 14.4. The van der Waals surface area contributed by atoms with Crippen molar-refractivity contribution >= 4 is 67.6 Å². The van der Waals surface area contributed by atoms with Crippen LogP contribution < -0.4 is 20.4 Å². The highest BCUT2D eigenvalue weighted by Gasteiger charge is 2.15. The van der Waals surface area contributed by atoms with E-state index in [0.717, 1.165) is 14.6 Å². The van der Waals surface area contributed by atoms with E-state index in [2.05, 4.69) is 47.7 Å². The molecule has 0 aliphatic carbocycles. The number of amides is 2. The lowest BCUT2D eigenvalue weighted by Gasteiger charge is -2.13. The average Bonchev–Trinajstić information content (AvgIpc) is 2.99. The largest absolute Gasteiger partial charge is 0.422 e. The Balaban J connectivity index is 1.54. The predicted molar refractivity (Wildman–Crippen MR) is 172 cm³/mol. The normalized spacial score (nSPS) is 11.2. The summed E-state index contributed by atoms with van der Waals surface area (Å²) in [7, 11) is 3.86. The van der Waals surface area contributed by atoms with E-state index >= 15 is 0 Å². The van der Waals surface area contributed by atoms with E-state index in [1.165, 1.54) is 6.21 Å². The minimum Gasteiger partial charge on any atom is -0.422 e. The number of hydrogen-bond acceptors (Lipinski definition) is 6. The minimum atomic E-state index is -0.643. The summed E-state index contributed by atoms with van der Waals surface area (Å²) in [5.41, 5.74) is 5.35. The first-order valence-electron chi connectivity index (χ1n) is 12.7. The van der Waals surface area contributed by atoms with Crippen molar-refractivity contribution in [1.82, 2.24) is 10.7 Å². The molecule has 2 N–H and O–H groups in total. The number of carbonyl (C=O) groups is 3. The van der Waals surface area contributed by atoms with Gasteiger partial charge >= 0.3 is 5.97 Å². The zero-order valence-corrected chi connectivity index (χ0v) is 25.8. The fraction of sp³-hybridized carbons (Fsp3) is 0.0625. The molecule has 42 heavy (non-hydrogen) atoms. The lowest BCUT2D eigenvalue weighted by Crippen LogP contribution is -2.32. The van der Waals surface area contributed by atoms with E-state index in [1.807, 2.05) is 43.3 Å². The van der Waals surface area contributed by atoms with E-state index < -0.39 is 17.8 Å². The number of esters is 1. The second-order valence-electron chi connectivity index (χ2n) is 9.14. The summed E-state index contributed by atoms with van der Waals surface area (Å²) in [5.74, 6) is -1.38. The Bertz CT molecular complexity index is 1640. The standard InChI is InChI=1S/C32H26Br2N4O4/c1-38(2)27-15-8-21(9-16-27)18-28(36-30(39)22-6-4-3-5-7-22)31(40)37-35-20-24-19-26(34)14-17-29(24)42-32(41)23-10-12-25(33)13-11-23/h3-20H,1-2H3,(H,36,39)(H,37,40)/b28-18-,35-20+. The van der Waals surface area contributed by atoms with E-state index in [-0.39, 0.29) is 11.4 Å². The van der Waals surface area contributed by atoms with Crippen molar-refractivity contribution in [3.8, 4) is 5.75 Å². The number of carbonyl (C=O) groups excluding carboxylic acids is 3. The van der Waals surface area contributed by atoms with Crippen molar-refractivity contribution in [3.63, 3.8) is 0 Å². The summed E-state index contributed by atoms with van der Waals surface area (Å²) in [6.45, 7) is 0. The number of rotatable bonds is 9. The molecule has 2 amide bonds. The van der Waals surface area contributed by atoms with Gasteiger partial charge in [0.05, 0.1) is 11.8 Å². The number of nitrogens with one attached hydrogen (secondary N) is 2. The lowest BCUT2D eigenvalue weighted by molar-refractivity contribution is -0.117. The number of ether oxygens (including phenoxy) is 1. The van der Waals surface area contributed by atoms with Crippen molar-refractivity contribution in [3.05, 3.63) is 134 Å². The monoisotopic (exact) mass is 688 g/mol. The Morgan fingerprint density at radius 1 is 0.810 bits per heavy atom. The fourth-order valence-corrected chi connectivity index (χ4v) is 4.30. The van der Waals surface area contributed by atoms with Crippen LogP contribution in [0.25, 0.3) is 6.08 Å². The van der Waals surface area contributed by atoms with Gasteiger partial charge in [0.25, 0.3) is 11.8 Å². The molecule has 4 rings (SSSR count). The first-order valence-corrected chi connectivity index (χ1v) is 14.2. The predicted octanol–water partition coefficient (Wildman–Crippen LogP) is 6.42. The first-order chi connectivity index (χ1) is 20.2. The Hall–Kier alpha value is -4.54. The molecule has 0 heterocycles. The van der Waals surface area contributed by atoms with Gasteiger partial charge in [-0.15, -0.1) is 0 Å². The van der Waals surface area contributed by atoms with Gasteiger partial charge in [-0.25, -0.2) is 10.2 Å². The molecule has 0 aliphatic rings. The van der Waals surface area contributed by atoms with Gasteiger partial charge in [-0.2, -0.15) is 5.10 Å². The van der Waals surface area contributed by atoms with Gasteiger partial charge in [0.1, 0.15) is 11.4 Å². The molecule has 0 aliphatic heterocycles. The maximum Gasteiger partial charge on any atom is 0.343 e. The third kappa shape index (κ3) is 8.48. The van der Waals surface area contributed by atoms with Crippen LogP contribution in [-0.4, -0.2) is 38.1 Å². The zero-order valence-electron chi connectivity index (χ0n) is 22.7. The summed E-state index contributed by atoms with van der Waals surface area (Å²) in [4.78, 5) is 40.7. The molecule has 4 aromatic rings. The van der Waals surface area contributed by atoms with Crippen LogP contribution in [-0.2, 0) is 4.79 Å². The lowest BCUT2D eigenvalue weighted by atomic mass is 10.1. The van der Waals surface area contributed by atoms with Crippen LogP contribution in [0.2, 0.25) is 0 Å². The van der Waals surface area contributed by atoms with Crippen LogP contribution in [0.1, 0.15) is 31.8 Å². The molecular weight excluding hydrogens is 664 g/mol. The molecule has 0 bridgehead atoms. The topological polar surface area (TPSA) is 100 Å². The molecule has 0 radical (unpaired) electrons. The molecule has 0 unspecified atom stereocenters. The average molecular weight is 690 g/mol. The quantitative estimate of drug-likeness (QED) is 0.0695. The summed E-state index contributed by atoms with van der Waals surface area (Å²) in [6.07, 6.45) is 2.92. The number of anilines is 1. The van der Waals surface area contributed by atoms with Gasteiger partial charge in [-0.1, -0.05) is 62.2 Å². The van der Waals surface area contributed by atoms with E-state index in [1.54, 1.807) is 78.9 Å². The SMILES string of the molecule is CN(C)c1ccc(/C=C(\NC(=O)c2ccccc2)C(=O)N/N=C/c2cc(Br)ccc2OC(=O)c2ccc(Br)cc2)cc1. The van der Waals surface area contributed by atoms with Crippen molar-refractivity contribution in [1.29, 1.82) is 0 Å². The molecular formula is C32H26Br2N4O4. The summed E-state index contributed by atoms with van der Waals surface area (Å²) >= 11 is 6.75. The van der Waals surface area contributed by atoms with Crippen LogP contribution in [0, 0.1) is 0 Å². The Kier molecular flexibility index (Phi) is 10.4. The molecule has 8 nitrogen and oxygen atoms in total. The molecule has 0 saturated carbocycles. The van der Waals surface area contributed by atoms with Gasteiger partial charge in [-0.3, -0.25) is 9.59 Å². The number of benzene rings is 4. The van der Waals surface area contributed by atoms with Crippen molar-refractivity contribution in [2.24, 2.45) is 5.10 Å². The van der Waals surface area contributed by atoms with Crippen LogP contribution in [0.15, 0.2) is 117 Å². The van der Waals surface area contributed by atoms with E-state index in [9.17, 15) is 14.4 Å². The van der Waals surface area contributed by atoms with Crippen LogP contribution in [0.5, 0.6) is 5.75 Å². The molecule has 0 saturated heterocycles. The fourth-order valence-electron chi connectivity index (χ4n) is 3.66. The highest BCUT2D eigenvalue weighted by atomic mass is 79.9. The molecule has 0 atom stereocenters. The van der Waals surface area contributed by atoms with Crippen LogP contribution in [0.3, 0.4) is 0 Å². The highest BCUT2D eigenvalue weighted by molar-refractivity contribution is 9.10. The maximum atomic E-state index is 13.2. The third-order valence-electron chi connectivity index (χ3n) is 5.87. The summed E-state index contributed by atoms with van der Waals surface area (Å²) in [5, 5.41) is 6.76. The Morgan fingerprint density at radius 3 is 2.14 bits per heavy atom. The van der Waals surface area contributed by atoms with Gasteiger partial charge in [0, 0.05) is 39.9 Å². The number of halogens is 2. The van der Waals surface area contributed by atoms with Crippen molar-refractivity contribution in [2.75, 3.05) is 19.0 Å². The Morgan fingerprint density at radius 2 is 1.48 bits per heavy atom. The summed E-state index contributed by atoms with van der Waals surface area (Å²) < 4.78 is 7.14. The molecule has 212 valence electrons. The minimum absolute atomic E-state index is 0.00487. The van der Waals surface area contributed by atoms with Crippen molar-refractivity contribution < 1.29 is 19.1 Å². The zero-order chi connectivity index (χ0) is 30.1. The van der Waals surface area contributed by atoms with Crippen LogP contribution in [0.4, 0.5) is 5.69 Å². The third-order valence-corrected chi connectivity index (χ3v) is 6.90. The van der Waals surface area contributed by atoms with Gasteiger partial charge < -0.3 is 15.0 Å². The van der Waals surface area contributed by atoms with Crippen molar-refractivity contribution in [2.45, 2.75) is 0 Å². The molecule has 4 aromatic carbocycles. The first kappa shape index (κ1) is 30.4. The van der Waals surface area contributed by atoms with E-state index in [0.29, 0.717) is 22.3 Å². The Labute approximate surface area is 260 Å². The second-order valence-corrected chi connectivity index (χ2v) is 11.0.